The van der Waals surface area contributed by atoms with Gasteiger partial charge in [-0.05, 0) is 92.4 Å². The van der Waals surface area contributed by atoms with Gasteiger partial charge >= 0.3 is 43.3 Å². The number of alkyl halides is 9. The Kier molecular flexibility index (Phi) is 16.8. The maximum absolute atomic E-state index is 12.9. The number of carbonyl (C=O) groups excluding carboxylic acids is 1. The smallest absolute Gasteiger partial charge is 0.307 e. The third-order valence-electron chi connectivity index (χ3n) is 8.38. The second kappa shape index (κ2) is 20.5. The van der Waals surface area contributed by atoms with Crippen LogP contribution in [0.2, 0.25) is 5.02 Å². The topological polar surface area (TPSA) is 153 Å². The van der Waals surface area contributed by atoms with Crippen LogP contribution in [0.1, 0.15) is 55.9 Å². The van der Waals surface area contributed by atoms with E-state index in [1.165, 1.54) is 25.1 Å². The van der Waals surface area contributed by atoms with Crippen LogP contribution in [0.3, 0.4) is 0 Å². The van der Waals surface area contributed by atoms with E-state index >= 15 is 0 Å². The van der Waals surface area contributed by atoms with Gasteiger partial charge in [0.05, 0.1) is 34.0 Å². The summed E-state index contributed by atoms with van der Waals surface area (Å²) in [4.78, 5) is 12.0. The number of fused-ring (bicyclic) bond motifs is 1. The second-order valence-corrected chi connectivity index (χ2v) is 16.6. The Bertz CT molecular complexity index is 2470. The molecule has 24 heteroatoms. The molecule has 4 aromatic carbocycles. The third kappa shape index (κ3) is 13.0. The van der Waals surface area contributed by atoms with Crippen LogP contribution < -0.4 is 24.8 Å². The maximum Gasteiger partial charge on any atom is 0.516 e. The summed E-state index contributed by atoms with van der Waals surface area (Å²) in [6.45, 7) is 5.27. The minimum atomic E-state index is -5.73. The number of hydrogen-bond donors (Lipinski definition) is 3. The van der Waals surface area contributed by atoms with Gasteiger partial charge in [-0.3, -0.25) is 14.0 Å². The monoisotopic (exact) mass is 943 g/mol. The standard InChI is InChI=1S/C18H15ClF6N4O3S.C18H18F3N3O2S.C2H6/c1-10(27-28-16(30)26-13-6-3-11(4-7-13)17(20,21)22)14-9-12(19)5-8-15(14)29(2)33(31,32)18(23,24)25;1-24(14-9-3-2-4-10-14)22-15-11-5-7-13-8-6-12-16(17(13)15)23-27(25,26)18(19,20)21;1-2/h3-9H,1-2H3,(H2,26,28,30);2-4,6,8-10,12,23H,5,7,11H2,1H3;1-2H3/b27-10+;22-15+;. The van der Waals surface area contributed by atoms with Gasteiger partial charge in [-0.2, -0.15) is 66.6 Å². The first-order valence-corrected chi connectivity index (χ1v) is 21.2. The summed E-state index contributed by atoms with van der Waals surface area (Å²) in [5.74, 6) is 0. The SMILES string of the molecule is C/C(=N\NC(=O)Nc1ccc(C(F)(F)F)cc1)c1cc(Cl)ccc1N(C)S(=O)(=O)C(F)(F)F.CC.CN(/N=C1\CCCc2cccc(NS(=O)(=O)C(F)(F)F)c21)c1ccccc1. The van der Waals surface area contributed by atoms with Crippen LogP contribution in [-0.4, -0.2) is 59.4 Å². The van der Waals surface area contributed by atoms with Crippen LogP contribution in [-0.2, 0) is 32.6 Å². The summed E-state index contributed by atoms with van der Waals surface area (Å²) in [5, 5.41) is 12.1. The number of hydrazone groups is 2. The van der Waals surface area contributed by atoms with Gasteiger partial charge in [0.2, 0.25) is 0 Å². The van der Waals surface area contributed by atoms with Gasteiger partial charge in [-0.15, -0.1) is 0 Å². The van der Waals surface area contributed by atoms with Gasteiger partial charge in [0, 0.05) is 35.9 Å². The van der Waals surface area contributed by atoms with Crippen LogP contribution in [0.15, 0.2) is 101 Å². The molecule has 0 spiro atoms. The molecule has 3 N–H and O–H groups in total. The molecule has 0 aliphatic heterocycles. The number of nitrogens with zero attached hydrogens (tertiary/aromatic N) is 4. The fraction of sp³-hybridized carbons (Fsp3) is 0.289. The molecule has 0 atom stereocenters. The van der Waals surface area contributed by atoms with Crippen molar-refractivity contribution in [1.29, 1.82) is 0 Å². The Hall–Kier alpha value is -5.55. The predicted molar refractivity (Wildman–Crippen MR) is 221 cm³/mol. The molecule has 5 rings (SSSR count). The number of benzene rings is 4. The Morgan fingerprint density at radius 1 is 0.774 bits per heavy atom. The number of hydrogen-bond acceptors (Lipinski definition) is 8. The number of aryl methyl sites for hydroxylation is 1. The van der Waals surface area contributed by atoms with Crippen molar-refractivity contribution in [2.24, 2.45) is 10.2 Å². The lowest BCUT2D eigenvalue weighted by Gasteiger charge is -2.24. The molecular weight excluding hydrogens is 905 g/mol. The molecule has 0 fully saturated rings. The molecule has 1 aliphatic carbocycles. The molecule has 0 saturated carbocycles. The van der Waals surface area contributed by atoms with Crippen LogP contribution >= 0.6 is 11.6 Å². The molecule has 62 heavy (non-hydrogen) atoms. The average Bonchev–Trinajstić information content (AvgIpc) is 3.20. The molecule has 0 unspecified atom stereocenters. The molecule has 0 radical (unpaired) electrons. The molecule has 1 aliphatic rings. The van der Waals surface area contributed by atoms with Crippen molar-refractivity contribution in [3.8, 4) is 0 Å². The number of urea groups is 1. The van der Waals surface area contributed by atoms with Crippen molar-refractivity contribution in [2.45, 2.75) is 57.2 Å². The van der Waals surface area contributed by atoms with E-state index < -0.39 is 54.5 Å². The molecule has 0 aromatic heterocycles. The highest BCUT2D eigenvalue weighted by Gasteiger charge is 2.49. The van der Waals surface area contributed by atoms with E-state index in [9.17, 15) is 61.1 Å². The molecule has 12 nitrogen and oxygen atoms in total. The Balaban J connectivity index is 0.000000323. The molecule has 0 bridgehead atoms. The van der Waals surface area contributed by atoms with Crippen LogP contribution in [0.5, 0.6) is 0 Å². The number of para-hydroxylation sites is 1. The van der Waals surface area contributed by atoms with Crippen molar-refractivity contribution in [1.82, 2.24) is 5.43 Å². The summed E-state index contributed by atoms with van der Waals surface area (Å²) < 4.78 is 163. The Labute approximate surface area is 356 Å². The Morgan fingerprint density at radius 2 is 1.39 bits per heavy atom. The molecule has 0 saturated heterocycles. The van der Waals surface area contributed by atoms with Gasteiger partial charge < -0.3 is 5.32 Å². The molecule has 0 heterocycles. The first-order chi connectivity index (χ1) is 28.7. The number of amides is 2. The van der Waals surface area contributed by atoms with Crippen molar-refractivity contribution >= 4 is 71.9 Å². The zero-order chi connectivity index (χ0) is 46.8. The molecule has 4 aromatic rings. The fourth-order valence-electron chi connectivity index (χ4n) is 5.44. The normalized spacial score (nSPS) is 14.0. The highest BCUT2D eigenvalue weighted by molar-refractivity contribution is 7.93. The van der Waals surface area contributed by atoms with E-state index in [4.69, 9.17) is 11.6 Å². The van der Waals surface area contributed by atoms with E-state index in [1.807, 2.05) is 49.6 Å². The first-order valence-electron chi connectivity index (χ1n) is 17.9. The van der Waals surface area contributed by atoms with Crippen molar-refractivity contribution < 1.29 is 61.1 Å². The Morgan fingerprint density at radius 3 is 1.95 bits per heavy atom. The van der Waals surface area contributed by atoms with E-state index in [-0.39, 0.29) is 32.0 Å². The lowest BCUT2D eigenvalue weighted by molar-refractivity contribution is -0.137. The van der Waals surface area contributed by atoms with Gasteiger partial charge in [0.1, 0.15) is 0 Å². The lowest BCUT2D eigenvalue weighted by Crippen LogP contribution is -2.38. The van der Waals surface area contributed by atoms with Crippen LogP contribution in [0.4, 0.5) is 67.1 Å². The molecular formula is C38H39ClF9N7O5S2. The third-order valence-corrected chi connectivity index (χ3v) is 11.2. The van der Waals surface area contributed by atoms with E-state index in [0.29, 0.717) is 31.2 Å². The van der Waals surface area contributed by atoms with Crippen LogP contribution in [0.25, 0.3) is 0 Å². The van der Waals surface area contributed by atoms with Gasteiger partial charge in [0.25, 0.3) is 0 Å². The minimum Gasteiger partial charge on any atom is -0.307 e. The summed E-state index contributed by atoms with van der Waals surface area (Å²) in [5.41, 5.74) is -8.08. The number of halogens is 10. The van der Waals surface area contributed by atoms with Gasteiger partial charge in [-0.1, -0.05) is 55.8 Å². The second-order valence-electron chi connectivity index (χ2n) is 12.6. The number of carbonyl (C=O) groups is 1. The summed E-state index contributed by atoms with van der Waals surface area (Å²) in [6.07, 6.45) is -2.59. The van der Waals surface area contributed by atoms with Crippen molar-refractivity contribution in [3.63, 3.8) is 0 Å². The zero-order valence-corrected chi connectivity index (χ0v) is 35.6. The molecule has 338 valence electrons. The van der Waals surface area contributed by atoms with E-state index in [0.717, 1.165) is 54.1 Å². The largest absolute Gasteiger partial charge is 0.516 e. The van der Waals surface area contributed by atoms with E-state index in [2.05, 4.69) is 15.5 Å². The number of nitrogens with one attached hydrogen (secondary N) is 3. The fourth-order valence-corrected chi connectivity index (χ4v) is 6.92. The summed E-state index contributed by atoms with van der Waals surface area (Å²) in [7, 11) is -8.81. The highest BCUT2D eigenvalue weighted by Crippen LogP contribution is 2.35. The lowest BCUT2D eigenvalue weighted by atomic mass is 9.89. The average molecular weight is 944 g/mol. The van der Waals surface area contributed by atoms with Crippen molar-refractivity contribution in [3.05, 3.63) is 118 Å². The number of rotatable bonds is 9. The van der Waals surface area contributed by atoms with Gasteiger partial charge in [0.15, 0.2) is 0 Å². The quantitative estimate of drug-likeness (QED) is 0.0863. The first kappa shape index (κ1) is 50.8. The predicted octanol–water partition coefficient (Wildman–Crippen LogP) is 10.3. The number of sulfonamides is 2. The van der Waals surface area contributed by atoms with E-state index in [1.54, 1.807) is 22.8 Å². The number of anilines is 4. The highest BCUT2D eigenvalue weighted by atomic mass is 35.5. The zero-order valence-electron chi connectivity index (χ0n) is 33.2. The molecule has 2 amide bonds. The van der Waals surface area contributed by atoms with Gasteiger partial charge in [-0.25, -0.2) is 10.2 Å². The summed E-state index contributed by atoms with van der Waals surface area (Å²) in [6, 6.07) is 19.8. The minimum absolute atomic E-state index is 0.0000419. The summed E-state index contributed by atoms with van der Waals surface area (Å²) >= 11 is 5.86. The van der Waals surface area contributed by atoms with Crippen LogP contribution in [0, 0.1) is 0 Å². The van der Waals surface area contributed by atoms with Crippen molar-refractivity contribution in [2.75, 3.05) is 33.4 Å². The maximum atomic E-state index is 12.9.